The van der Waals surface area contributed by atoms with Gasteiger partial charge < -0.3 is 9.16 Å². The molecule has 8 heteroatoms. The molecule has 162 valence electrons. The lowest BCUT2D eigenvalue weighted by Crippen LogP contribution is -2.67. The van der Waals surface area contributed by atoms with E-state index in [0.717, 1.165) is 4.90 Å². The molecule has 0 spiro atoms. The molecular formula is C21H35N3O4Si. The zero-order valence-electron chi connectivity index (χ0n) is 19.1. The molecule has 0 saturated carbocycles. The van der Waals surface area contributed by atoms with Crippen LogP contribution < -0.4 is 0 Å². The number of rotatable bonds is 6. The second kappa shape index (κ2) is 8.51. The topological polar surface area (TPSA) is 81.6 Å². The highest BCUT2D eigenvalue weighted by Gasteiger charge is 2.59. The van der Waals surface area contributed by atoms with Crippen LogP contribution >= 0.6 is 0 Å². The molecule has 0 aromatic carbocycles. The van der Waals surface area contributed by atoms with Gasteiger partial charge in [0, 0.05) is 12.4 Å². The first-order valence-electron chi connectivity index (χ1n) is 10.3. The summed E-state index contributed by atoms with van der Waals surface area (Å²) in [7, 11) is -2.34. The number of β-lactam (4-membered cyclic amide) rings is 1. The Labute approximate surface area is 175 Å². The highest BCUT2D eigenvalue weighted by atomic mass is 28.4. The van der Waals surface area contributed by atoms with Crippen LogP contribution in [0, 0.1) is 0 Å². The molecule has 1 aliphatic rings. The van der Waals surface area contributed by atoms with E-state index in [-0.39, 0.29) is 5.91 Å². The highest BCUT2D eigenvalue weighted by Crippen LogP contribution is 2.47. The Hall–Kier alpha value is -1.80. The van der Waals surface area contributed by atoms with Crippen molar-refractivity contribution in [2.45, 2.75) is 96.7 Å². The van der Waals surface area contributed by atoms with Gasteiger partial charge in [0.2, 0.25) is 8.32 Å². The van der Waals surface area contributed by atoms with Crippen molar-refractivity contribution in [3.8, 4) is 0 Å². The minimum absolute atomic E-state index is 0.309. The van der Waals surface area contributed by atoms with Crippen LogP contribution in [0.15, 0.2) is 18.5 Å². The summed E-state index contributed by atoms with van der Waals surface area (Å²) < 4.78 is 12.2. The van der Waals surface area contributed by atoms with Crippen LogP contribution in [0.3, 0.4) is 0 Å². The van der Waals surface area contributed by atoms with Gasteiger partial charge in [0.15, 0.2) is 11.9 Å². The number of likely N-dealkylation sites (tertiary alicyclic amines) is 1. The van der Waals surface area contributed by atoms with Crippen LogP contribution in [0.5, 0.6) is 0 Å². The zero-order valence-corrected chi connectivity index (χ0v) is 20.1. The van der Waals surface area contributed by atoms with E-state index in [1.54, 1.807) is 39.2 Å². The van der Waals surface area contributed by atoms with Crippen molar-refractivity contribution in [3.63, 3.8) is 0 Å². The van der Waals surface area contributed by atoms with Crippen molar-refractivity contribution < 1.29 is 18.8 Å². The van der Waals surface area contributed by atoms with Gasteiger partial charge in [-0.3, -0.25) is 4.79 Å². The molecule has 1 aliphatic heterocycles. The standard InChI is InChI=1S/C21H35N3O4Si/c1-13(2)29(14(3)4,15(5)6)28-17-16(18-22-11-10-12-23-18)24(19(17)25)20(26)27-21(7,8)9/h10-17H,1-9H3. The Morgan fingerprint density at radius 3 is 1.93 bits per heavy atom. The predicted molar refractivity (Wildman–Crippen MR) is 114 cm³/mol. The van der Waals surface area contributed by atoms with Crippen molar-refractivity contribution >= 4 is 20.3 Å². The minimum atomic E-state index is -2.34. The summed E-state index contributed by atoms with van der Waals surface area (Å²) in [5.41, 5.74) is 0.215. The summed E-state index contributed by atoms with van der Waals surface area (Å²) in [6, 6.07) is 1.02. The van der Waals surface area contributed by atoms with Gasteiger partial charge in [0.1, 0.15) is 11.6 Å². The van der Waals surface area contributed by atoms with Crippen LogP contribution in [0.2, 0.25) is 16.6 Å². The van der Waals surface area contributed by atoms with Crippen LogP contribution in [-0.2, 0) is 14.0 Å². The SMILES string of the molecule is CC(C)[Si](OC1C(=O)N(C(=O)OC(C)(C)C)C1c1ncccn1)(C(C)C)C(C)C. The van der Waals surface area contributed by atoms with Crippen molar-refractivity contribution in [3.05, 3.63) is 24.3 Å². The molecule has 1 fully saturated rings. The maximum absolute atomic E-state index is 13.1. The molecule has 0 bridgehead atoms. The highest BCUT2D eigenvalue weighted by molar-refractivity contribution is 6.77. The molecule has 0 N–H and O–H groups in total. The molecule has 1 aromatic rings. The largest absolute Gasteiger partial charge is 0.443 e. The lowest BCUT2D eigenvalue weighted by molar-refractivity contribution is -0.163. The Balaban J connectivity index is 2.43. The number of hydrogen-bond donors (Lipinski definition) is 0. The van der Waals surface area contributed by atoms with Crippen molar-refractivity contribution in [1.29, 1.82) is 0 Å². The Morgan fingerprint density at radius 1 is 1.03 bits per heavy atom. The normalized spacial score (nSPS) is 20.4. The van der Waals surface area contributed by atoms with Gasteiger partial charge in [-0.15, -0.1) is 0 Å². The molecule has 2 heterocycles. The lowest BCUT2D eigenvalue weighted by Gasteiger charge is -2.51. The average Bonchev–Trinajstić information content (AvgIpc) is 2.58. The Morgan fingerprint density at radius 2 is 1.52 bits per heavy atom. The molecule has 2 amide bonds. The number of carbonyl (C=O) groups is 2. The van der Waals surface area contributed by atoms with Crippen molar-refractivity contribution in [1.82, 2.24) is 14.9 Å². The molecule has 0 radical (unpaired) electrons. The molecule has 7 nitrogen and oxygen atoms in total. The fourth-order valence-electron chi connectivity index (χ4n) is 4.43. The summed E-state index contributed by atoms with van der Waals surface area (Å²) in [5.74, 6) is 0.0117. The average molecular weight is 422 g/mol. The van der Waals surface area contributed by atoms with Crippen LogP contribution in [0.4, 0.5) is 4.79 Å². The first kappa shape index (κ1) is 23.5. The van der Waals surface area contributed by atoms with Crippen LogP contribution in [0.1, 0.15) is 74.2 Å². The third-order valence-electron chi connectivity index (χ3n) is 5.52. The second-order valence-corrected chi connectivity index (χ2v) is 15.0. The first-order chi connectivity index (χ1) is 13.3. The van der Waals surface area contributed by atoms with Crippen molar-refractivity contribution in [2.75, 3.05) is 0 Å². The van der Waals surface area contributed by atoms with E-state index in [2.05, 4.69) is 51.5 Å². The molecule has 0 aliphatic carbocycles. The number of carbonyl (C=O) groups excluding carboxylic acids is 2. The number of hydrogen-bond acceptors (Lipinski definition) is 6. The number of amides is 2. The van der Waals surface area contributed by atoms with E-state index in [9.17, 15) is 9.59 Å². The van der Waals surface area contributed by atoms with Gasteiger partial charge in [0.05, 0.1) is 0 Å². The molecule has 2 rings (SSSR count). The summed E-state index contributed by atoms with van der Waals surface area (Å²) >= 11 is 0. The summed E-state index contributed by atoms with van der Waals surface area (Å²) in [4.78, 5) is 35.5. The van der Waals surface area contributed by atoms with E-state index >= 15 is 0 Å². The van der Waals surface area contributed by atoms with E-state index in [1.807, 2.05) is 0 Å². The minimum Gasteiger partial charge on any atom is -0.443 e. The van der Waals surface area contributed by atoms with Crippen molar-refractivity contribution in [2.24, 2.45) is 0 Å². The van der Waals surface area contributed by atoms with Gasteiger partial charge in [-0.1, -0.05) is 41.5 Å². The summed E-state index contributed by atoms with van der Waals surface area (Å²) in [6.45, 7) is 18.3. The fourth-order valence-corrected chi connectivity index (χ4v) is 9.92. The molecule has 29 heavy (non-hydrogen) atoms. The smallest absolute Gasteiger partial charge is 0.417 e. The van der Waals surface area contributed by atoms with E-state index in [4.69, 9.17) is 9.16 Å². The lowest BCUT2D eigenvalue weighted by atomic mass is 9.98. The summed E-state index contributed by atoms with van der Waals surface area (Å²) in [6.07, 6.45) is 1.75. The molecule has 1 aromatic heterocycles. The number of imide groups is 1. The zero-order chi connectivity index (χ0) is 22.1. The van der Waals surface area contributed by atoms with E-state index < -0.39 is 32.2 Å². The number of aromatic nitrogens is 2. The van der Waals surface area contributed by atoms with Crippen LogP contribution in [0.25, 0.3) is 0 Å². The Bertz CT molecular complexity index is 709. The predicted octanol–water partition coefficient (Wildman–Crippen LogP) is 4.86. The van der Waals surface area contributed by atoms with Crippen LogP contribution in [-0.4, -0.2) is 46.9 Å². The monoisotopic (exact) mass is 421 g/mol. The van der Waals surface area contributed by atoms with E-state index in [1.165, 1.54) is 0 Å². The maximum Gasteiger partial charge on any atom is 0.417 e. The quantitative estimate of drug-likeness (QED) is 0.482. The number of nitrogens with zero attached hydrogens (tertiary/aromatic N) is 3. The van der Waals surface area contributed by atoms with Gasteiger partial charge >= 0.3 is 6.09 Å². The number of ether oxygens (including phenoxy) is 1. The molecular weight excluding hydrogens is 386 g/mol. The molecule has 2 unspecified atom stereocenters. The van der Waals surface area contributed by atoms with Gasteiger partial charge in [0.25, 0.3) is 5.91 Å². The third kappa shape index (κ3) is 4.53. The molecule has 2 atom stereocenters. The van der Waals surface area contributed by atoms with Gasteiger partial charge in [-0.2, -0.15) is 0 Å². The van der Waals surface area contributed by atoms with Gasteiger partial charge in [-0.05, 0) is 43.5 Å². The molecule has 1 saturated heterocycles. The second-order valence-electron chi connectivity index (χ2n) is 9.60. The first-order valence-corrected chi connectivity index (χ1v) is 12.5. The fraction of sp³-hybridized carbons (Fsp3) is 0.714. The Kier molecular flexibility index (Phi) is 6.89. The summed E-state index contributed by atoms with van der Waals surface area (Å²) in [5, 5.41) is 0. The maximum atomic E-state index is 13.1. The van der Waals surface area contributed by atoms with E-state index in [0.29, 0.717) is 22.4 Å². The van der Waals surface area contributed by atoms with Gasteiger partial charge in [-0.25, -0.2) is 19.7 Å². The third-order valence-corrected chi connectivity index (χ3v) is 11.6.